The molecule has 2 aromatic carbocycles. The maximum Gasteiger partial charge on any atom is 0.330 e. The molecule has 31 heavy (non-hydrogen) atoms. The van der Waals surface area contributed by atoms with Crippen LogP contribution in [0.3, 0.4) is 0 Å². The first-order valence-electron chi connectivity index (χ1n) is 9.77. The Morgan fingerprint density at radius 3 is 1.87 bits per heavy atom. The number of esters is 2. The van der Waals surface area contributed by atoms with Gasteiger partial charge in [-0.25, -0.2) is 14.0 Å². The standard InChI is InChI=1S/C24H25FO6/c1-3-23(26)30-15-5-13-28-20-10-7-18(8-11-20)19-9-12-22(21(25)17-19)29-14-6-16-31-24(27)4-2/h3-4,7-12,17H,1-2,5-6,13-16H2. The third kappa shape index (κ3) is 8.34. The van der Waals surface area contributed by atoms with E-state index in [0.29, 0.717) is 30.8 Å². The minimum Gasteiger partial charge on any atom is -0.493 e. The molecule has 0 bridgehead atoms. The topological polar surface area (TPSA) is 71.1 Å². The SMILES string of the molecule is C=CC(=O)OCCCOc1ccc(-c2ccc(OCCCOC(=O)C=C)c(F)c2)cc1. The highest BCUT2D eigenvalue weighted by Gasteiger charge is 2.07. The molecule has 0 radical (unpaired) electrons. The monoisotopic (exact) mass is 428 g/mol. The molecule has 0 aliphatic rings. The van der Waals surface area contributed by atoms with E-state index in [1.165, 1.54) is 6.07 Å². The summed E-state index contributed by atoms with van der Waals surface area (Å²) < 4.78 is 35.0. The Balaban J connectivity index is 1.80. The summed E-state index contributed by atoms with van der Waals surface area (Å²) in [7, 11) is 0. The van der Waals surface area contributed by atoms with Crippen LogP contribution in [0.25, 0.3) is 11.1 Å². The summed E-state index contributed by atoms with van der Waals surface area (Å²) in [6.07, 6.45) is 3.20. The quantitative estimate of drug-likeness (QED) is 0.266. The largest absolute Gasteiger partial charge is 0.493 e. The van der Waals surface area contributed by atoms with Gasteiger partial charge in [-0.15, -0.1) is 0 Å². The molecular formula is C24H25FO6. The molecule has 7 heteroatoms. The Morgan fingerprint density at radius 1 is 0.774 bits per heavy atom. The van der Waals surface area contributed by atoms with Crippen LogP contribution in [0.2, 0.25) is 0 Å². The lowest BCUT2D eigenvalue weighted by Gasteiger charge is -2.10. The smallest absolute Gasteiger partial charge is 0.330 e. The van der Waals surface area contributed by atoms with E-state index in [0.717, 1.165) is 17.7 Å². The van der Waals surface area contributed by atoms with Crippen molar-refractivity contribution >= 4 is 11.9 Å². The predicted molar refractivity (Wildman–Crippen MR) is 114 cm³/mol. The lowest BCUT2D eigenvalue weighted by atomic mass is 10.1. The highest BCUT2D eigenvalue weighted by molar-refractivity contribution is 5.81. The van der Waals surface area contributed by atoms with Crippen LogP contribution in [0.15, 0.2) is 67.8 Å². The van der Waals surface area contributed by atoms with Gasteiger partial charge in [-0.3, -0.25) is 0 Å². The average Bonchev–Trinajstić information content (AvgIpc) is 2.79. The van der Waals surface area contributed by atoms with Crippen LogP contribution in [0.1, 0.15) is 12.8 Å². The second kappa shape index (κ2) is 12.8. The maximum absolute atomic E-state index is 14.3. The van der Waals surface area contributed by atoms with Gasteiger partial charge in [0.15, 0.2) is 11.6 Å². The number of benzene rings is 2. The summed E-state index contributed by atoms with van der Waals surface area (Å²) in [5.41, 5.74) is 1.53. The summed E-state index contributed by atoms with van der Waals surface area (Å²) in [5, 5.41) is 0. The van der Waals surface area contributed by atoms with Crippen molar-refractivity contribution in [2.24, 2.45) is 0 Å². The summed E-state index contributed by atoms with van der Waals surface area (Å²) in [5.74, 6) is -0.634. The van der Waals surface area contributed by atoms with Gasteiger partial charge >= 0.3 is 11.9 Å². The number of rotatable bonds is 13. The van der Waals surface area contributed by atoms with Crippen molar-refractivity contribution in [1.82, 2.24) is 0 Å². The molecule has 0 atom stereocenters. The Morgan fingerprint density at radius 2 is 1.32 bits per heavy atom. The van der Waals surface area contributed by atoms with Crippen LogP contribution in [0.5, 0.6) is 11.5 Å². The Labute approximate surface area is 180 Å². The van der Waals surface area contributed by atoms with Crippen molar-refractivity contribution in [2.75, 3.05) is 26.4 Å². The number of ether oxygens (including phenoxy) is 4. The van der Waals surface area contributed by atoms with E-state index in [9.17, 15) is 14.0 Å². The van der Waals surface area contributed by atoms with Gasteiger partial charge in [0, 0.05) is 25.0 Å². The normalized spacial score (nSPS) is 10.1. The van der Waals surface area contributed by atoms with Gasteiger partial charge in [-0.2, -0.15) is 0 Å². The van der Waals surface area contributed by atoms with Crippen LogP contribution >= 0.6 is 0 Å². The molecule has 0 spiro atoms. The molecular weight excluding hydrogens is 403 g/mol. The molecule has 2 rings (SSSR count). The van der Waals surface area contributed by atoms with E-state index in [2.05, 4.69) is 13.2 Å². The molecule has 2 aromatic rings. The van der Waals surface area contributed by atoms with Crippen LogP contribution in [-0.4, -0.2) is 38.4 Å². The number of carbonyl (C=O) groups excluding carboxylic acids is 2. The maximum atomic E-state index is 14.3. The van der Waals surface area contributed by atoms with Gasteiger partial charge < -0.3 is 18.9 Å². The molecule has 0 N–H and O–H groups in total. The minimum absolute atomic E-state index is 0.135. The van der Waals surface area contributed by atoms with E-state index in [4.69, 9.17) is 18.9 Å². The second-order valence-corrected chi connectivity index (χ2v) is 6.32. The van der Waals surface area contributed by atoms with Crippen LogP contribution in [-0.2, 0) is 19.1 Å². The van der Waals surface area contributed by atoms with Crippen molar-refractivity contribution < 1.29 is 32.9 Å². The first kappa shape index (κ1) is 23.7. The fraction of sp³-hybridized carbons (Fsp3) is 0.250. The van der Waals surface area contributed by atoms with Crippen LogP contribution in [0, 0.1) is 5.82 Å². The molecule has 0 saturated heterocycles. The molecule has 0 fully saturated rings. The molecule has 0 aliphatic carbocycles. The summed E-state index contributed by atoms with van der Waals surface area (Å²) in [6.45, 7) is 7.69. The van der Waals surface area contributed by atoms with Crippen molar-refractivity contribution in [1.29, 1.82) is 0 Å². The first-order chi connectivity index (χ1) is 15.0. The van der Waals surface area contributed by atoms with Gasteiger partial charge in [-0.1, -0.05) is 31.4 Å². The van der Waals surface area contributed by atoms with E-state index >= 15 is 0 Å². The first-order valence-corrected chi connectivity index (χ1v) is 9.77. The van der Waals surface area contributed by atoms with E-state index in [1.807, 2.05) is 12.1 Å². The van der Waals surface area contributed by atoms with Crippen molar-refractivity contribution in [3.8, 4) is 22.6 Å². The highest BCUT2D eigenvalue weighted by Crippen LogP contribution is 2.27. The number of halogens is 1. The number of hydrogen-bond acceptors (Lipinski definition) is 6. The van der Waals surface area contributed by atoms with E-state index in [-0.39, 0.29) is 25.6 Å². The zero-order chi connectivity index (χ0) is 22.5. The molecule has 0 amide bonds. The van der Waals surface area contributed by atoms with Gasteiger partial charge in [-0.05, 0) is 35.4 Å². The molecule has 0 aliphatic heterocycles. The van der Waals surface area contributed by atoms with E-state index in [1.54, 1.807) is 24.3 Å². The molecule has 6 nitrogen and oxygen atoms in total. The lowest BCUT2D eigenvalue weighted by molar-refractivity contribution is -0.138. The molecule has 0 saturated carbocycles. The van der Waals surface area contributed by atoms with Crippen molar-refractivity contribution in [2.45, 2.75) is 12.8 Å². The number of hydrogen-bond donors (Lipinski definition) is 0. The molecule has 0 heterocycles. The zero-order valence-corrected chi connectivity index (χ0v) is 17.2. The van der Waals surface area contributed by atoms with Crippen molar-refractivity contribution in [3.63, 3.8) is 0 Å². The number of carbonyl (C=O) groups is 2. The fourth-order valence-corrected chi connectivity index (χ4v) is 2.49. The van der Waals surface area contributed by atoms with Gasteiger partial charge in [0.05, 0.1) is 26.4 Å². The zero-order valence-electron chi connectivity index (χ0n) is 17.2. The van der Waals surface area contributed by atoms with Gasteiger partial charge in [0.2, 0.25) is 0 Å². The van der Waals surface area contributed by atoms with E-state index < -0.39 is 17.8 Å². The minimum atomic E-state index is -0.499. The third-order valence-corrected chi connectivity index (χ3v) is 4.05. The van der Waals surface area contributed by atoms with Gasteiger partial charge in [0.1, 0.15) is 5.75 Å². The molecule has 0 aromatic heterocycles. The predicted octanol–water partition coefficient (Wildman–Crippen LogP) is 4.49. The Hall–Kier alpha value is -3.61. The van der Waals surface area contributed by atoms with Crippen molar-refractivity contribution in [3.05, 3.63) is 73.6 Å². The fourth-order valence-electron chi connectivity index (χ4n) is 2.49. The highest BCUT2D eigenvalue weighted by atomic mass is 19.1. The Kier molecular flexibility index (Phi) is 9.81. The summed E-state index contributed by atoms with van der Waals surface area (Å²) in [4.78, 5) is 21.9. The van der Waals surface area contributed by atoms with Crippen LogP contribution in [0.4, 0.5) is 4.39 Å². The summed E-state index contributed by atoms with van der Waals surface area (Å²) in [6, 6.07) is 12.0. The summed E-state index contributed by atoms with van der Waals surface area (Å²) >= 11 is 0. The average molecular weight is 428 g/mol. The Bertz CT molecular complexity index is 891. The molecule has 0 unspecified atom stereocenters. The molecule has 164 valence electrons. The lowest BCUT2D eigenvalue weighted by Crippen LogP contribution is -2.07. The van der Waals surface area contributed by atoms with Crippen LogP contribution < -0.4 is 9.47 Å². The second-order valence-electron chi connectivity index (χ2n) is 6.32. The van der Waals surface area contributed by atoms with Gasteiger partial charge in [0.25, 0.3) is 0 Å². The third-order valence-electron chi connectivity index (χ3n) is 4.05.